The van der Waals surface area contributed by atoms with Gasteiger partial charge in [0.15, 0.2) is 0 Å². The number of carbonyl (C=O) groups is 1. The Bertz CT molecular complexity index is 344. The Morgan fingerprint density at radius 3 is 2.88 bits per heavy atom. The highest BCUT2D eigenvalue weighted by Crippen LogP contribution is 2.37. The van der Waals surface area contributed by atoms with Crippen molar-refractivity contribution < 1.29 is 4.79 Å². The number of hydrogen-bond donors (Lipinski definition) is 2. The molecule has 0 aromatic carbocycles. The van der Waals surface area contributed by atoms with Crippen molar-refractivity contribution in [3.8, 4) is 0 Å². The third-order valence-corrected chi connectivity index (χ3v) is 4.11. The standard InChI is InChI=1S/C11H17N3OS/c12-10(15)11(3-1-2-4-11)7-13-5-9-6-14-8-16-9/h6,8,13H,1-5,7H2,(H2,12,15). The lowest BCUT2D eigenvalue weighted by atomic mass is 9.85. The van der Waals surface area contributed by atoms with E-state index in [1.54, 1.807) is 11.3 Å². The molecule has 1 aliphatic rings. The van der Waals surface area contributed by atoms with Gasteiger partial charge in [0, 0.05) is 24.2 Å². The zero-order valence-corrected chi connectivity index (χ0v) is 10.1. The van der Waals surface area contributed by atoms with Gasteiger partial charge in [-0.3, -0.25) is 9.78 Å². The van der Waals surface area contributed by atoms with Gasteiger partial charge in [-0.05, 0) is 12.8 Å². The predicted octanol–water partition coefficient (Wildman–Crippen LogP) is 1.28. The van der Waals surface area contributed by atoms with Crippen molar-refractivity contribution in [2.45, 2.75) is 32.2 Å². The molecule has 0 aliphatic heterocycles. The molecule has 1 amide bonds. The molecule has 4 nitrogen and oxygen atoms in total. The zero-order valence-electron chi connectivity index (χ0n) is 9.24. The summed E-state index contributed by atoms with van der Waals surface area (Å²) in [6, 6.07) is 0. The molecule has 1 saturated carbocycles. The van der Waals surface area contributed by atoms with Crippen LogP contribution in [0, 0.1) is 5.41 Å². The summed E-state index contributed by atoms with van der Waals surface area (Å²) in [5, 5.41) is 3.32. The Hall–Kier alpha value is -0.940. The zero-order chi connectivity index (χ0) is 11.4. The normalized spacial score (nSPS) is 18.8. The molecule has 0 unspecified atom stereocenters. The lowest BCUT2D eigenvalue weighted by Gasteiger charge is -2.25. The highest BCUT2D eigenvalue weighted by molar-refractivity contribution is 7.09. The van der Waals surface area contributed by atoms with Crippen LogP contribution in [0.1, 0.15) is 30.6 Å². The first kappa shape index (κ1) is 11.5. The SMILES string of the molecule is NC(=O)C1(CNCc2cncs2)CCCC1. The summed E-state index contributed by atoms with van der Waals surface area (Å²) in [6.45, 7) is 1.47. The van der Waals surface area contributed by atoms with Crippen molar-refractivity contribution in [2.24, 2.45) is 11.1 Å². The lowest BCUT2D eigenvalue weighted by Crippen LogP contribution is -2.42. The molecule has 1 heterocycles. The van der Waals surface area contributed by atoms with E-state index in [0.717, 1.165) is 32.2 Å². The Morgan fingerprint density at radius 2 is 2.31 bits per heavy atom. The summed E-state index contributed by atoms with van der Waals surface area (Å²) in [5.41, 5.74) is 7.02. The second kappa shape index (κ2) is 4.93. The maximum atomic E-state index is 11.5. The molecule has 0 atom stereocenters. The van der Waals surface area contributed by atoms with Crippen molar-refractivity contribution in [1.82, 2.24) is 10.3 Å². The van der Waals surface area contributed by atoms with Crippen molar-refractivity contribution >= 4 is 17.2 Å². The van der Waals surface area contributed by atoms with E-state index in [1.807, 2.05) is 11.7 Å². The Balaban J connectivity index is 1.85. The van der Waals surface area contributed by atoms with Gasteiger partial charge in [-0.15, -0.1) is 11.3 Å². The van der Waals surface area contributed by atoms with Crippen LogP contribution in [0.3, 0.4) is 0 Å². The quantitative estimate of drug-likeness (QED) is 0.813. The summed E-state index contributed by atoms with van der Waals surface area (Å²) in [7, 11) is 0. The second-order valence-electron chi connectivity index (χ2n) is 4.42. The number of aromatic nitrogens is 1. The van der Waals surface area contributed by atoms with Gasteiger partial charge in [0.25, 0.3) is 0 Å². The number of hydrogen-bond acceptors (Lipinski definition) is 4. The van der Waals surface area contributed by atoms with Crippen LogP contribution in [0.25, 0.3) is 0 Å². The number of carbonyl (C=O) groups excluding carboxylic acids is 1. The summed E-state index contributed by atoms with van der Waals surface area (Å²) < 4.78 is 0. The molecular weight excluding hydrogens is 222 g/mol. The fourth-order valence-electron chi connectivity index (χ4n) is 2.32. The van der Waals surface area contributed by atoms with Gasteiger partial charge < -0.3 is 11.1 Å². The lowest BCUT2D eigenvalue weighted by molar-refractivity contribution is -0.127. The van der Waals surface area contributed by atoms with Crippen LogP contribution in [0.2, 0.25) is 0 Å². The number of rotatable bonds is 5. The van der Waals surface area contributed by atoms with Gasteiger partial charge in [0.1, 0.15) is 0 Å². The molecule has 88 valence electrons. The second-order valence-corrected chi connectivity index (χ2v) is 5.39. The number of nitrogens with one attached hydrogen (secondary N) is 1. The van der Waals surface area contributed by atoms with Crippen molar-refractivity contribution in [1.29, 1.82) is 0 Å². The molecule has 0 radical (unpaired) electrons. The molecule has 5 heteroatoms. The molecule has 1 aromatic rings. The van der Waals surface area contributed by atoms with Gasteiger partial charge in [-0.1, -0.05) is 12.8 Å². The first-order valence-corrected chi connectivity index (χ1v) is 6.49. The third-order valence-electron chi connectivity index (χ3n) is 3.33. The van der Waals surface area contributed by atoms with Crippen LogP contribution in [-0.4, -0.2) is 17.4 Å². The van der Waals surface area contributed by atoms with E-state index < -0.39 is 0 Å². The van der Waals surface area contributed by atoms with E-state index in [2.05, 4.69) is 10.3 Å². The van der Waals surface area contributed by atoms with Crippen molar-refractivity contribution in [2.75, 3.05) is 6.54 Å². The Morgan fingerprint density at radius 1 is 1.56 bits per heavy atom. The number of nitrogens with two attached hydrogens (primary N) is 1. The Labute approximate surface area is 99.3 Å². The smallest absolute Gasteiger partial charge is 0.224 e. The molecule has 2 rings (SSSR count). The van der Waals surface area contributed by atoms with E-state index >= 15 is 0 Å². The molecular formula is C11H17N3OS. The van der Waals surface area contributed by atoms with Crippen LogP contribution < -0.4 is 11.1 Å². The molecule has 3 N–H and O–H groups in total. The van der Waals surface area contributed by atoms with E-state index in [-0.39, 0.29) is 11.3 Å². The molecule has 0 spiro atoms. The molecule has 1 aromatic heterocycles. The number of thiazole rings is 1. The van der Waals surface area contributed by atoms with Crippen LogP contribution in [0.15, 0.2) is 11.7 Å². The first-order valence-electron chi connectivity index (χ1n) is 5.61. The molecule has 0 bridgehead atoms. The average Bonchev–Trinajstić information content (AvgIpc) is 2.88. The van der Waals surface area contributed by atoms with Crippen LogP contribution >= 0.6 is 11.3 Å². The van der Waals surface area contributed by atoms with Crippen LogP contribution in [0.5, 0.6) is 0 Å². The minimum Gasteiger partial charge on any atom is -0.369 e. The largest absolute Gasteiger partial charge is 0.369 e. The van der Waals surface area contributed by atoms with Gasteiger partial charge in [0.2, 0.25) is 5.91 Å². The highest BCUT2D eigenvalue weighted by Gasteiger charge is 2.38. The molecule has 1 aliphatic carbocycles. The average molecular weight is 239 g/mol. The maximum Gasteiger partial charge on any atom is 0.224 e. The third kappa shape index (κ3) is 2.41. The number of amides is 1. The van der Waals surface area contributed by atoms with E-state index in [1.165, 1.54) is 4.88 Å². The summed E-state index contributed by atoms with van der Waals surface area (Å²) in [4.78, 5) is 16.7. The van der Waals surface area contributed by atoms with Gasteiger partial charge in [-0.25, -0.2) is 0 Å². The Kier molecular flexibility index (Phi) is 3.56. The van der Waals surface area contributed by atoms with Crippen LogP contribution in [-0.2, 0) is 11.3 Å². The van der Waals surface area contributed by atoms with E-state index in [4.69, 9.17) is 5.73 Å². The van der Waals surface area contributed by atoms with Crippen LogP contribution in [0.4, 0.5) is 0 Å². The van der Waals surface area contributed by atoms with Gasteiger partial charge in [0.05, 0.1) is 10.9 Å². The topological polar surface area (TPSA) is 68.0 Å². The monoisotopic (exact) mass is 239 g/mol. The number of nitrogens with zero attached hydrogens (tertiary/aromatic N) is 1. The minimum atomic E-state index is -0.301. The predicted molar refractivity (Wildman–Crippen MR) is 63.9 cm³/mol. The highest BCUT2D eigenvalue weighted by atomic mass is 32.1. The van der Waals surface area contributed by atoms with Gasteiger partial charge in [-0.2, -0.15) is 0 Å². The molecule has 1 fully saturated rings. The summed E-state index contributed by atoms with van der Waals surface area (Å²) in [5.74, 6) is -0.151. The summed E-state index contributed by atoms with van der Waals surface area (Å²) in [6.07, 6.45) is 5.94. The fraction of sp³-hybridized carbons (Fsp3) is 0.636. The van der Waals surface area contributed by atoms with E-state index in [0.29, 0.717) is 6.54 Å². The molecule has 0 saturated heterocycles. The first-order chi connectivity index (χ1) is 7.73. The molecule has 16 heavy (non-hydrogen) atoms. The van der Waals surface area contributed by atoms with Crippen molar-refractivity contribution in [3.63, 3.8) is 0 Å². The maximum absolute atomic E-state index is 11.5. The van der Waals surface area contributed by atoms with E-state index in [9.17, 15) is 4.79 Å². The van der Waals surface area contributed by atoms with Crippen molar-refractivity contribution in [3.05, 3.63) is 16.6 Å². The minimum absolute atomic E-state index is 0.151. The van der Waals surface area contributed by atoms with Gasteiger partial charge >= 0.3 is 0 Å². The fourth-order valence-corrected chi connectivity index (χ4v) is 2.88. The number of primary amides is 1. The summed E-state index contributed by atoms with van der Waals surface area (Å²) >= 11 is 1.62.